The molecule has 0 amide bonds. The average Bonchev–Trinajstić information content (AvgIpc) is 2.50. The highest BCUT2D eigenvalue weighted by Gasteiger charge is 2.29. The second-order valence-electron chi connectivity index (χ2n) is 4.97. The van der Waals surface area contributed by atoms with Crippen molar-refractivity contribution < 1.29 is 18.7 Å². The van der Waals surface area contributed by atoms with Gasteiger partial charge in [-0.25, -0.2) is 4.39 Å². The first-order valence-electron chi connectivity index (χ1n) is 6.68. The fourth-order valence-corrected chi connectivity index (χ4v) is 2.62. The number of nitrogens with zero attached hydrogens (tertiary/aromatic N) is 1. The number of hydrogen-bond acceptors (Lipinski definition) is 4. The maximum absolute atomic E-state index is 12.9. The van der Waals surface area contributed by atoms with Gasteiger partial charge in [-0.1, -0.05) is 12.1 Å². The van der Waals surface area contributed by atoms with Gasteiger partial charge in [-0.3, -0.25) is 9.69 Å². The molecule has 0 aromatic heterocycles. The molecule has 1 aliphatic rings. The molecule has 1 heterocycles. The van der Waals surface area contributed by atoms with Crippen LogP contribution in [0, 0.1) is 11.7 Å². The van der Waals surface area contributed by atoms with Crippen molar-refractivity contribution in [1.82, 2.24) is 4.90 Å². The zero-order valence-corrected chi connectivity index (χ0v) is 12.6. The fraction of sp³-hybridized carbons (Fsp3) is 0.467. The number of hydrogen-bond donors (Lipinski definition) is 0. The van der Waals surface area contributed by atoms with Gasteiger partial charge in [-0.2, -0.15) is 0 Å². The van der Waals surface area contributed by atoms with Crippen molar-refractivity contribution in [2.45, 2.75) is 18.9 Å². The lowest BCUT2D eigenvalue weighted by Crippen LogP contribution is -2.39. The van der Waals surface area contributed by atoms with E-state index in [1.54, 1.807) is 12.1 Å². The van der Waals surface area contributed by atoms with Crippen LogP contribution >= 0.6 is 12.4 Å². The van der Waals surface area contributed by atoms with Gasteiger partial charge < -0.3 is 9.53 Å². The van der Waals surface area contributed by atoms with Gasteiger partial charge >= 0.3 is 5.97 Å². The van der Waals surface area contributed by atoms with Crippen molar-refractivity contribution in [2.24, 2.45) is 5.92 Å². The van der Waals surface area contributed by atoms with Gasteiger partial charge in [0.05, 0.1) is 19.1 Å². The molecule has 1 saturated heterocycles. The maximum Gasteiger partial charge on any atom is 0.308 e. The minimum absolute atomic E-state index is 0. The summed E-state index contributed by atoms with van der Waals surface area (Å²) in [5, 5.41) is 0. The number of aldehydes is 1. The molecule has 1 aliphatic heterocycles. The highest BCUT2D eigenvalue weighted by molar-refractivity contribution is 5.85. The number of rotatable bonds is 4. The van der Waals surface area contributed by atoms with E-state index in [0.29, 0.717) is 25.9 Å². The number of methoxy groups -OCH3 is 1. The van der Waals surface area contributed by atoms with Crippen LogP contribution in [0.2, 0.25) is 0 Å². The van der Waals surface area contributed by atoms with Crippen LogP contribution in [0.4, 0.5) is 4.39 Å². The molecule has 0 saturated carbocycles. The number of ether oxygens (including phenoxy) is 1. The molecule has 2 rings (SSSR count). The summed E-state index contributed by atoms with van der Waals surface area (Å²) in [6.07, 6.45) is 2.22. The SMILES string of the molecule is COC(=O)C1CCN(C(C=O)c2ccc(F)cc2)CC1.Cl. The lowest BCUT2D eigenvalue weighted by atomic mass is 9.94. The molecule has 1 unspecified atom stereocenters. The van der Waals surface area contributed by atoms with Crippen LogP contribution < -0.4 is 0 Å². The summed E-state index contributed by atoms with van der Waals surface area (Å²) in [6, 6.07) is 5.58. The number of piperidine rings is 1. The Hall–Kier alpha value is -1.46. The molecule has 0 radical (unpaired) electrons. The summed E-state index contributed by atoms with van der Waals surface area (Å²) in [7, 11) is 1.39. The largest absolute Gasteiger partial charge is 0.469 e. The lowest BCUT2D eigenvalue weighted by molar-refractivity contribution is -0.147. The molecule has 1 fully saturated rings. The van der Waals surface area contributed by atoms with Crippen molar-refractivity contribution in [3.63, 3.8) is 0 Å². The van der Waals surface area contributed by atoms with E-state index in [0.717, 1.165) is 11.8 Å². The van der Waals surface area contributed by atoms with E-state index in [9.17, 15) is 14.0 Å². The van der Waals surface area contributed by atoms with E-state index in [-0.39, 0.29) is 36.2 Å². The minimum atomic E-state index is -0.380. The van der Waals surface area contributed by atoms with Crippen LogP contribution in [0.1, 0.15) is 24.4 Å². The van der Waals surface area contributed by atoms with Gasteiger partial charge in [-0.15, -0.1) is 12.4 Å². The van der Waals surface area contributed by atoms with Crippen molar-refractivity contribution >= 4 is 24.7 Å². The third-order valence-electron chi connectivity index (χ3n) is 3.80. The first-order valence-corrected chi connectivity index (χ1v) is 6.68. The summed E-state index contributed by atoms with van der Waals surface area (Å²) >= 11 is 0. The van der Waals surface area contributed by atoms with Gasteiger partial charge in [0.15, 0.2) is 0 Å². The zero-order valence-electron chi connectivity index (χ0n) is 11.8. The molecule has 6 heteroatoms. The Morgan fingerprint density at radius 3 is 2.38 bits per heavy atom. The van der Waals surface area contributed by atoms with Crippen LogP contribution in [-0.2, 0) is 14.3 Å². The Bertz CT molecular complexity index is 472. The van der Waals surface area contributed by atoms with Crippen LogP contribution in [0.25, 0.3) is 0 Å². The van der Waals surface area contributed by atoms with Crippen molar-refractivity contribution in [1.29, 1.82) is 0 Å². The second kappa shape index (κ2) is 8.10. The lowest BCUT2D eigenvalue weighted by Gasteiger charge is -2.34. The third kappa shape index (κ3) is 4.25. The number of benzene rings is 1. The van der Waals surface area contributed by atoms with E-state index in [2.05, 4.69) is 0 Å². The smallest absolute Gasteiger partial charge is 0.308 e. The van der Waals surface area contributed by atoms with Gasteiger partial charge in [0.25, 0.3) is 0 Å². The summed E-state index contributed by atoms with van der Waals surface area (Å²) in [5.74, 6) is -0.589. The normalized spacial score (nSPS) is 17.6. The first kappa shape index (κ1) is 17.6. The topological polar surface area (TPSA) is 46.6 Å². The molecular weight excluding hydrogens is 297 g/mol. The molecule has 1 aromatic rings. The van der Waals surface area contributed by atoms with Gasteiger partial charge in [0, 0.05) is 0 Å². The van der Waals surface area contributed by atoms with Gasteiger partial charge in [0.1, 0.15) is 12.1 Å². The maximum atomic E-state index is 12.9. The minimum Gasteiger partial charge on any atom is -0.469 e. The Kier molecular flexibility index (Phi) is 6.78. The summed E-state index contributed by atoms with van der Waals surface area (Å²) in [6.45, 7) is 1.31. The van der Waals surface area contributed by atoms with Gasteiger partial charge in [-0.05, 0) is 43.6 Å². The molecule has 0 bridgehead atoms. The third-order valence-corrected chi connectivity index (χ3v) is 3.80. The Balaban J connectivity index is 0.00000220. The van der Waals surface area contributed by atoms with Crippen molar-refractivity contribution in [3.05, 3.63) is 35.6 Å². The molecule has 21 heavy (non-hydrogen) atoms. The number of halogens is 2. The molecule has 4 nitrogen and oxygen atoms in total. The molecule has 0 N–H and O–H groups in total. The second-order valence-corrected chi connectivity index (χ2v) is 4.97. The Morgan fingerprint density at radius 1 is 1.33 bits per heavy atom. The molecule has 0 aliphatic carbocycles. The van der Waals surface area contributed by atoms with Crippen molar-refractivity contribution in [2.75, 3.05) is 20.2 Å². The number of esters is 1. The number of carbonyl (C=O) groups excluding carboxylic acids is 2. The van der Waals surface area contributed by atoms with E-state index < -0.39 is 0 Å². The Labute approximate surface area is 129 Å². The fourth-order valence-electron chi connectivity index (χ4n) is 2.62. The predicted molar refractivity (Wildman–Crippen MR) is 78.8 cm³/mol. The monoisotopic (exact) mass is 315 g/mol. The van der Waals surface area contributed by atoms with E-state index in [1.807, 2.05) is 4.90 Å². The average molecular weight is 316 g/mol. The standard InChI is InChI=1S/C15H18FNO3.ClH/c1-20-15(19)12-6-8-17(9-7-12)14(10-18)11-2-4-13(16)5-3-11;/h2-5,10,12,14H,6-9H2,1H3;1H. The molecular formula is C15H19ClFNO3. The quantitative estimate of drug-likeness (QED) is 0.632. The highest BCUT2D eigenvalue weighted by atomic mass is 35.5. The highest BCUT2D eigenvalue weighted by Crippen LogP contribution is 2.26. The number of carbonyl (C=O) groups is 2. The van der Waals surface area contributed by atoms with Crippen LogP contribution in [0.5, 0.6) is 0 Å². The molecule has 1 atom stereocenters. The van der Waals surface area contributed by atoms with Crippen LogP contribution in [0.3, 0.4) is 0 Å². The zero-order chi connectivity index (χ0) is 14.5. The Morgan fingerprint density at radius 2 is 1.90 bits per heavy atom. The van der Waals surface area contributed by atoms with E-state index in [1.165, 1.54) is 19.2 Å². The first-order chi connectivity index (χ1) is 9.65. The summed E-state index contributed by atoms with van der Waals surface area (Å²) < 4.78 is 17.7. The molecule has 116 valence electrons. The van der Waals surface area contributed by atoms with Gasteiger partial charge in [0.2, 0.25) is 0 Å². The molecule has 1 aromatic carbocycles. The predicted octanol–water partition coefficient (Wildman–Crippen LogP) is 2.37. The number of likely N-dealkylation sites (tertiary alicyclic amines) is 1. The van der Waals surface area contributed by atoms with Crippen molar-refractivity contribution in [3.8, 4) is 0 Å². The molecule has 0 spiro atoms. The van der Waals surface area contributed by atoms with E-state index >= 15 is 0 Å². The van der Waals surface area contributed by atoms with E-state index in [4.69, 9.17) is 4.74 Å². The van der Waals surface area contributed by atoms with Crippen LogP contribution in [0.15, 0.2) is 24.3 Å². The summed E-state index contributed by atoms with van der Waals surface area (Å²) in [4.78, 5) is 24.8. The summed E-state index contributed by atoms with van der Waals surface area (Å²) in [5.41, 5.74) is 0.776. The van der Waals surface area contributed by atoms with Crippen LogP contribution in [-0.4, -0.2) is 37.4 Å².